The standard InChI is InChI=1S/C11H13ClN2O3/c1-7(11(16)17)13-6-10(15)14-9-4-2-3-8(12)5-9/h2-5,7,13H,6H2,1H3,(H,14,15)(H,16,17)/t7-/m0/s1. The molecule has 0 fully saturated rings. The summed E-state index contributed by atoms with van der Waals surface area (Å²) < 4.78 is 0. The van der Waals surface area contributed by atoms with E-state index in [0.717, 1.165) is 0 Å². The highest BCUT2D eigenvalue weighted by atomic mass is 35.5. The van der Waals surface area contributed by atoms with Crippen molar-refractivity contribution >= 4 is 29.2 Å². The fourth-order valence-electron chi connectivity index (χ4n) is 1.10. The van der Waals surface area contributed by atoms with Crippen molar-refractivity contribution in [3.05, 3.63) is 29.3 Å². The van der Waals surface area contributed by atoms with E-state index in [4.69, 9.17) is 16.7 Å². The zero-order chi connectivity index (χ0) is 12.8. The first-order valence-corrected chi connectivity index (χ1v) is 5.38. The van der Waals surface area contributed by atoms with Gasteiger partial charge < -0.3 is 10.4 Å². The molecule has 1 aromatic rings. The van der Waals surface area contributed by atoms with Gasteiger partial charge in [-0.15, -0.1) is 0 Å². The van der Waals surface area contributed by atoms with Crippen LogP contribution in [-0.4, -0.2) is 29.6 Å². The Balaban J connectivity index is 2.42. The van der Waals surface area contributed by atoms with Crippen molar-refractivity contribution in [2.75, 3.05) is 11.9 Å². The van der Waals surface area contributed by atoms with Crippen molar-refractivity contribution in [2.45, 2.75) is 13.0 Å². The number of anilines is 1. The van der Waals surface area contributed by atoms with Gasteiger partial charge in [-0.1, -0.05) is 17.7 Å². The van der Waals surface area contributed by atoms with Gasteiger partial charge in [0.05, 0.1) is 6.54 Å². The zero-order valence-corrected chi connectivity index (χ0v) is 9.99. The number of amides is 1. The maximum Gasteiger partial charge on any atom is 0.320 e. The molecule has 0 spiro atoms. The molecule has 0 aliphatic rings. The lowest BCUT2D eigenvalue weighted by molar-refractivity contribution is -0.139. The molecule has 1 amide bonds. The molecule has 1 rings (SSSR count). The summed E-state index contributed by atoms with van der Waals surface area (Å²) in [6, 6.07) is 5.96. The summed E-state index contributed by atoms with van der Waals surface area (Å²) in [5.41, 5.74) is 0.576. The average Bonchev–Trinajstić information content (AvgIpc) is 2.25. The van der Waals surface area contributed by atoms with Gasteiger partial charge in [0.25, 0.3) is 0 Å². The van der Waals surface area contributed by atoms with Crippen LogP contribution in [0.3, 0.4) is 0 Å². The third kappa shape index (κ3) is 4.84. The van der Waals surface area contributed by atoms with Crippen LogP contribution in [0.5, 0.6) is 0 Å². The summed E-state index contributed by atoms with van der Waals surface area (Å²) in [6.45, 7) is 1.40. The van der Waals surface area contributed by atoms with Crippen molar-refractivity contribution < 1.29 is 14.7 Å². The Bertz CT molecular complexity index is 423. The number of benzene rings is 1. The lowest BCUT2D eigenvalue weighted by atomic mass is 10.3. The molecule has 0 aliphatic carbocycles. The van der Waals surface area contributed by atoms with E-state index in [-0.39, 0.29) is 12.5 Å². The van der Waals surface area contributed by atoms with E-state index in [2.05, 4.69) is 10.6 Å². The van der Waals surface area contributed by atoms with E-state index < -0.39 is 12.0 Å². The minimum Gasteiger partial charge on any atom is -0.480 e. The number of hydrogen-bond acceptors (Lipinski definition) is 3. The van der Waals surface area contributed by atoms with E-state index in [1.807, 2.05) is 0 Å². The molecule has 0 unspecified atom stereocenters. The highest BCUT2D eigenvalue weighted by Gasteiger charge is 2.11. The maximum atomic E-state index is 11.4. The van der Waals surface area contributed by atoms with Crippen LogP contribution in [0, 0.1) is 0 Å². The van der Waals surface area contributed by atoms with E-state index in [9.17, 15) is 9.59 Å². The second-order valence-corrected chi connectivity index (χ2v) is 3.94. The fourth-order valence-corrected chi connectivity index (χ4v) is 1.29. The van der Waals surface area contributed by atoms with Gasteiger partial charge in [0.2, 0.25) is 5.91 Å². The number of nitrogens with one attached hydrogen (secondary N) is 2. The Morgan fingerprint density at radius 3 is 2.76 bits per heavy atom. The Morgan fingerprint density at radius 1 is 1.47 bits per heavy atom. The molecular formula is C11H13ClN2O3. The van der Waals surface area contributed by atoms with Gasteiger partial charge in [-0.05, 0) is 25.1 Å². The largest absolute Gasteiger partial charge is 0.480 e. The first-order valence-electron chi connectivity index (χ1n) is 5.00. The Kier molecular flexibility index (Phi) is 4.93. The van der Waals surface area contributed by atoms with E-state index in [1.165, 1.54) is 6.92 Å². The number of rotatable bonds is 5. The van der Waals surface area contributed by atoms with Crippen LogP contribution in [0.4, 0.5) is 5.69 Å². The smallest absolute Gasteiger partial charge is 0.320 e. The summed E-state index contributed by atoms with van der Waals surface area (Å²) in [6.07, 6.45) is 0. The molecule has 0 aromatic heterocycles. The monoisotopic (exact) mass is 256 g/mol. The fraction of sp³-hybridized carbons (Fsp3) is 0.273. The molecule has 0 heterocycles. The molecule has 5 nitrogen and oxygen atoms in total. The molecule has 6 heteroatoms. The van der Waals surface area contributed by atoms with Crippen LogP contribution >= 0.6 is 11.6 Å². The highest BCUT2D eigenvalue weighted by molar-refractivity contribution is 6.30. The molecule has 0 aliphatic heterocycles. The predicted molar refractivity (Wildman–Crippen MR) is 65.2 cm³/mol. The molecule has 3 N–H and O–H groups in total. The third-order valence-electron chi connectivity index (χ3n) is 2.05. The van der Waals surface area contributed by atoms with Gasteiger partial charge in [-0.3, -0.25) is 14.9 Å². The van der Waals surface area contributed by atoms with Crippen LogP contribution in [-0.2, 0) is 9.59 Å². The second-order valence-electron chi connectivity index (χ2n) is 3.50. The minimum atomic E-state index is -0.999. The lowest BCUT2D eigenvalue weighted by Crippen LogP contribution is -2.39. The lowest BCUT2D eigenvalue weighted by Gasteiger charge is -2.09. The van der Waals surface area contributed by atoms with Gasteiger partial charge >= 0.3 is 5.97 Å². The summed E-state index contributed by atoms with van der Waals surface area (Å²) in [7, 11) is 0. The van der Waals surface area contributed by atoms with Crippen LogP contribution in [0.25, 0.3) is 0 Å². The van der Waals surface area contributed by atoms with Crippen LogP contribution in [0.1, 0.15) is 6.92 Å². The summed E-state index contributed by atoms with van der Waals surface area (Å²) in [5, 5.41) is 14.3. The molecule has 0 saturated heterocycles. The summed E-state index contributed by atoms with van der Waals surface area (Å²) in [5.74, 6) is -1.32. The van der Waals surface area contributed by atoms with Crippen molar-refractivity contribution in [2.24, 2.45) is 0 Å². The van der Waals surface area contributed by atoms with Gasteiger partial charge in [0.15, 0.2) is 0 Å². The normalized spacial score (nSPS) is 11.9. The number of carbonyl (C=O) groups is 2. The van der Waals surface area contributed by atoms with E-state index >= 15 is 0 Å². The van der Waals surface area contributed by atoms with Crippen molar-refractivity contribution in [1.82, 2.24) is 5.32 Å². The predicted octanol–water partition coefficient (Wildman–Crippen LogP) is 1.34. The van der Waals surface area contributed by atoms with E-state index in [1.54, 1.807) is 24.3 Å². The molecule has 1 atom stereocenters. The van der Waals surface area contributed by atoms with Crippen molar-refractivity contribution in [3.8, 4) is 0 Å². The average molecular weight is 257 g/mol. The van der Waals surface area contributed by atoms with Gasteiger partial charge in [0, 0.05) is 10.7 Å². The Hall–Kier alpha value is -1.59. The Labute approximate surface area is 104 Å². The Morgan fingerprint density at radius 2 is 2.18 bits per heavy atom. The topological polar surface area (TPSA) is 78.4 Å². The van der Waals surface area contributed by atoms with Crippen molar-refractivity contribution in [1.29, 1.82) is 0 Å². The SMILES string of the molecule is C[C@H](NCC(=O)Nc1cccc(Cl)c1)C(=O)O. The summed E-state index contributed by atoms with van der Waals surface area (Å²) in [4.78, 5) is 21.9. The van der Waals surface area contributed by atoms with Crippen LogP contribution in [0.2, 0.25) is 5.02 Å². The van der Waals surface area contributed by atoms with Crippen molar-refractivity contribution in [3.63, 3.8) is 0 Å². The van der Waals surface area contributed by atoms with Gasteiger partial charge in [-0.2, -0.15) is 0 Å². The second kappa shape index (κ2) is 6.22. The highest BCUT2D eigenvalue weighted by Crippen LogP contribution is 2.14. The molecular weight excluding hydrogens is 244 g/mol. The van der Waals surface area contributed by atoms with Gasteiger partial charge in [-0.25, -0.2) is 0 Å². The zero-order valence-electron chi connectivity index (χ0n) is 9.24. The number of carboxylic acid groups (broad SMARTS) is 1. The van der Waals surface area contributed by atoms with E-state index in [0.29, 0.717) is 10.7 Å². The quantitative estimate of drug-likeness (QED) is 0.743. The molecule has 0 radical (unpaired) electrons. The third-order valence-corrected chi connectivity index (χ3v) is 2.28. The first-order chi connectivity index (χ1) is 7.99. The summed E-state index contributed by atoms with van der Waals surface area (Å²) >= 11 is 5.75. The van der Waals surface area contributed by atoms with Crippen LogP contribution in [0.15, 0.2) is 24.3 Å². The molecule has 0 bridgehead atoms. The molecule has 17 heavy (non-hydrogen) atoms. The molecule has 92 valence electrons. The minimum absolute atomic E-state index is 0.0695. The van der Waals surface area contributed by atoms with Gasteiger partial charge in [0.1, 0.15) is 6.04 Å². The number of hydrogen-bond donors (Lipinski definition) is 3. The molecule has 0 saturated carbocycles. The number of halogens is 1. The maximum absolute atomic E-state index is 11.4. The first kappa shape index (κ1) is 13.5. The number of aliphatic carboxylic acids is 1. The number of carbonyl (C=O) groups excluding carboxylic acids is 1. The van der Waals surface area contributed by atoms with Crippen LogP contribution < -0.4 is 10.6 Å². The molecule has 1 aromatic carbocycles. The number of carboxylic acids is 1.